The molecule has 0 aliphatic heterocycles. The molecule has 1 atom stereocenters. The number of aromatic nitrogens is 3. The Labute approximate surface area is 158 Å². The van der Waals surface area contributed by atoms with Crippen LogP contribution in [0.25, 0.3) is 11.3 Å². The van der Waals surface area contributed by atoms with Crippen molar-refractivity contribution in [3.05, 3.63) is 51.2 Å². The Balaban J connectivity index is 1.79. The fourth-order valence-electron chi connectivity index (χ4n) is 2.56. The molecule has 0 amide bonds. The second-order valence-corrected chi connectivity index (χ2v) is 7.57. The molecule has 5 nitrogen and oxygen atoms in total. The maximum atomic E-state index is 13.3. The van der Waals surface area contributed by atoms with Crippen LogP contribution in [0.15, 0.2) is 30.3 Å². The first kappa shape index (κ1) is 18.1. The van der Waals surface area contributed by atoms with Crippen molar-refractivity contribution in [2.45, 2.75) is 12.5 Å². The number of hydrogen-bond acceptors (Lipinski definition) is 5. The Morgan fingerprint density at radius 1 is 1.36 bits per heavy atom. The van der Waals surface area contributed by atoms with Gasteiger partial charge in [-0.25, -0.2) is 9.07 Å². The summed E-state index contributed by atoms with van der Waals surface area (Å²) < 4.78 is 15.5. The molecule has 9 heteroatoms. The Kier molecular flexibility index (Phi) is 5.58. The number of hydrogen-bond donors (Lipinski definition) is 2. The number of benzene rings is 1. The lowest BCUT2D eigenvalue weighted by Crippen LogP contribution is -2.30. The van der Waals surface area contributed by atoms with Crippen LogP contribution in [-0.2, 0) is 13.5 Å². The molecule has 0 aliphatic carbocycles. The van der Waals surface area contributed by atoms with Crippen LogP contribution in [0.1, 0.15) is 5.56 Å². The minimum absolute atomic E-state index is 0.0514. The molecule has 0 fully saturated rings. The van der Waals surface area contributed by atoms with E-state index in [2.05, 4.69) is 15.6 Å². The van der Waals surface area contributed by atoms with Crippen LogP contribution >= 0.6 is 34.5 Å². The van der Waals surface area contributed by atoms with E-state index in [-0.39, 0.29) is 11.9 Å². The smallest absolute Gasteiger partial charge is 0.179 e. The summed E-state index contributed by atoms with van der Waals surface area (Å²) in [5.74, 6) is -0.256. The van der Waals surface area contributed by atoms with Gasteiger partial charge < -0.3 is 11.1 Å². The van der Waals surface area contributed by atoms with Crippen LogP contribution in [0, 0.1) is 5.82 Å². The number of aryl methyl sites for hydroxylation is 1. The fourth-order valence-corrected chi connectivity index (χ4v) is 4.07. The highest BCUT2D eigenvalue weighted by atomic mass is 35.5. The van der Waals surface area contributed by atoms with E-state index in [9.17, 15) is 4.39 Å². The average molecular weight is 400 g/mol. The lowest BCUT2D eigenvalue weighted by molar-refractivity contribution is 0.622. The monoisotopic (exact) mass is 399 g/mol. The summed E-state index contributed by atoms with van der Waals surface area (Å²) in [5.41, 5.74) is 8.16. The van der Waals surface area contributed by atoms with E-state index < -0.39 is 0 Å². The van der Waals surface area contributed by atoms with Crippen molar-refractivity contribution < 1.29 is 4.39 Å². The highest BCUT2D eigenvalue weighted by molar-refractivity contribution is 7.20. The Morgan fingerprint density at radius 3 is 2.80 bits per heavy atom. The zero-order valence-corrected chi connectivity index (χ0v) is 15.7. The summed E-state index contributed by atoms with van der Waals surface area (Å²) in [7, 11) is 1.75. The van der Waals surface area contributed by atoms with Gasteiger partial charge in [-0.2, -0.15) is 0 Å². The van der Waals surface area contributed by atoms with Crippen molar-refractivity contribution in [1.29, 1.82) is 0 Å². The third-order valence-electron chi connectivity index (χ3n) is 3.73. The molecule has 0 saturated heterocycles. The molecule has 3 rings (SSSR count). The van der Waals surface area contributed by atoms with E-state index in [1.165, 1.54) is 23.5 Å². The zero-order valence-electron chi connectivity index (χ0n) is 13.3. The van der Waals surface area contributed by atoms with Gasteiger partial charge >= 0.3 is 0 Å². The first-order chi connectivity index (χ1) is 12.0. The lowest BCUT2D eigenvalue weighted by atomic mass is 10.1. The molecule has 25 heavy (non-hydrogen) atoms. The number of rotatable bonds is 6. The fraction of sp³-hybridized carbons (Fsp3) is 0.250. The SMILES string of the molecule is Cn1nnc(Cl)c1-c1cc(N[C@H](CN)Cc2cccc(F)c2)sc1Cl. The standard InChI is InChI=1S/C16H16Cl2FN5S/c1-24-14(15(17)22-23-24)12-7-13(25-16(12)18)21-11(8-20)6-9-3-2-4-10(19)5-9/h2-5,7,11,21H,6,8,20H2,1H3/t11-/m0/s1. The molecule has 0 aliphatic rings. The van der Waals surface area contributed by atoms with Crippen LogP contribution < -0.4 is 11.1 Å². The van der Waals surface area contributed by atoms with Crippen LogP contribution in [0.3, 0.4) is 0 Å². The van der Waals surface area contributed by atoms with Gasteiger partial charge in [-0.15, -0.1) is 16.4 Å². The molecule has 2 heterocycles. The maximum Gasteiger partial charge on any atom is 0.179 e. The van der Waals surface area contributed by atoms with Gasteiger partial charge in [0.15, 0.2) is 5.15 Å². The van der Waals surface area contributed by atoms with Crippen LogP contribution in [-0.4, -0.2) is 27.6 Å². The average Bonchev–Trinajstić information content (AvgIpc) is 3.08. The number of anilines is 1. The molecular formula is C16H16Cl2FN5S. The summed E-state index contributed by atoms with van der Waals surface area (Å²) in [4.78, 5) is 0. The molecule has 0 unspecified atom stereocenters. The first-order valence-electron chi connectivity index (χ1n) is 7.54. The predicted octanol–water partition coefficient (Wildman–Crippen LogP) is 3.97. The van der Waals surface area contributed by atoms with Gasteiger partial charge in [0.2, 0.25) is 0 Å². The highest BCUT2D eigenvalue weighted by Crippen LogP contribution is 2.40. The van der Waals surface area contributed by atoms with Gasteiger partial charge in [-0.1, -0.05) is 40.5 Å². The van der Waals surface area contributed by atoms with Crippen molar-refractivity contribution in [2.75, 3.05) is 11.9 Å². The quantitative estimate of drug-likeness (QED) is 0.657. The molecule has 1 aromatic carbocycles. The molecule has 2 aromatic heterocycles. The molecular weight excluding hydrogens is 384 g/mol. The van der Waals surface area contributed by atoms with E-state index >= 15 is 0 Å². The van der Waals surface area contributed by atoms with Crippen molar-refractivity contribution >= 4 is 39.5 Å². The summed E-state index contributed by atoms with van der Waals surface area (Å²) in [6, 6.07) is 8.34. The van der Waals surface area contributed by atoms with Crippen molar-refractivity contribution in [3.63, 3.8) is 0 Å². The van der Waals surface area contributed by atoms with Crippen molar-refractivity contribution in [3.8, 4) is 11.3 Å². The lowest BCUT2D eigenvalue weighted by Gasteiger charge is -2.16. The number of nitrogens with two attached hydrogens (primary N) is 1. The summed E-state index contributed by atoms with van der Waals surface area (Å²) >= 11 is 13.8. The number of nitrogens with one attached hydrogen (secondary N) is 1. The summed E-state index contributed by atoms with van der Waals surface area (Å²) in [6.45, 7) is 0.398. The van der Waals surface area contributed by atoms with Crippen LogP contribution in [0.4, 0.5) is 9.39 Å². The highest BCUT2D eigenvalue weighted by Gasteiger charge is 2.19. The maximum absolute atomic E-state index is 13.3. The van der Waals surface area contributed by atoms with Crippen molar-refractivity contribution in [2.24, 2.45) is 12.8 Å². The molecule has 0 bridgehead atoms. The third-order valence-corrected chi connectivity index (χ3v) is 5.27. The normalized spacial score (nSPS) is 12.4. The Hall–Kier alpha value is -1.67. The van der Waals surface area contributed by atoms with Crippen LogP contribution in [0.5, 0.6) is 0 Å². The van der Waals surface area contributed by atoms with E-state index in [4.69, 9.17) is 28.9 Å². The Bertz CT molecular complexity index is 860. The molecule has 3 aromatic rings. The number of nitrogens with zero attached hydrogens (tertiary/aromatic N) is 3. The number of halogens is 3. The molecule has 0 radical (unpaired) electrons. The largest absolute Gasteiger partial charge is 0.373 e. The first-order valence-corrected chi connectivity index (χ1v) is 9.11. The summed E-state index contributed by atoms with van der Waals surface area (Å²) in [5, 5.41) is 12.2. The predicted molar refractivity (Wildman–Crippen MR) is 101 cm³/mol. The summed E-state index contributed by atoms with van der Waals surface area (Å²) in [6.07, 6.45) is 0.604. The van der Waals surface area contributed by atoms with Gasteiger partial charge in [0.1, 0.15) is 15.8 Å². The minimum Gasteiger partial charge on any atom is -0.373 e. The van der Waals surface area contributed by atoms with E-state index in [0.29, 0.717) is 28.1 Å². The van der Waals surface area contributed by atoms with Gasteiger partial charge in [-0.3, -0.25) is 0 Å². The van der Waals surface area contributed by atoms with Gasteiger partial charge in [-0.05, 0) is 30.2 Å². The molecule has 0 saturated carbocycles. The van der Waals surface area contributed by atoms with Gasteiger partial charge in [0, 0.05) is 25.2 Å². The van der Waals surface area contributed by atoms with E-state index in [1.807, 2.05) is 12.1 Å². The van der Waals surface area contributed by atoms with Gasteiger partial charge in [0.05, 0.1) is 5.00 Å². The second kappa shape index (κ2) is 7.70. The molecule has 0 spiro atoms. The topological polar surface area (TPSA) is 68.8 Å². The third kappa shape index (κ3) is 4.12. The van der Waals surface area contributed by atoms with Gasteiger partial charge in [0.25, 0.3) is 0 Å². The minimum atomic E-state index is -0.256. The van der Waals surface area contributed by atoms with E-state index in [1.54, 1.807) is 17.8 Å². The zero-order chi connectivity index (χ0) is 18.0. The molecule has 3 N–H and O–H groups in total. The number of thiophene rings is 1. The second-order valence-electron chi connectivity index (χ2n) is 5.56. The van der Waals surface area contributed by atoms with Crippen LogP contribution in [0.2, 0.25) is 9.49 Å². The Morgan fingerprint density at radius 2 is 2.16 bits per heavy atom. The van der Waals surface area contributed by atoms with Crippen molar-refractivity contribution in [1.82, 2.24) is 15.0 Å². The van der Waals surface area contributed by atoms with E-state index in [0.717, 1.165) is 16.1 Å². The molecule has 132 valence electrons.